The highest BCUT2D eigenvalue weighted by atomic mass is 32.2. The average molecular weight is 490 g/mol. The highest BCUT2D eigenvalue weighted by Crippen LogP contribution is 2.33. The summed E-state index contributed by atoms with van der Waals surface area (Å²) in [4.78, 5) is 17.8. The van der Waals surface area contributed by atoms with Crippen LogP contribution in [0.4, 0.5) is 0 Å². The van der Waals surface area contributed by atoms with E-state index < -0.39 is 15.9 Å². The zero-order chi connectivity index (χ0) is 23.8. The van der Waals surface area contributed by atoms with Gasteiger partial charge in [-0.3, -0.25) is 4.79 Å². The summed E-state index contributed by atoms with van der Waals surface area (Å²) in [7, 11) is 3.00. The lowest BCUT2D eigenvalue weighted by molar-refractivity contribution is 0.0998. The maximum atomic E-state index is 12.9. The monoisotopic (exact) mass is 489 g/mol. The molecule has 33 heavy (non-hydrogen) atoms. The van der Waals surface area contributed by atoms with Gasteiger partial charge in [0.2, 0.25) is 10.0 Å². The van der Waals surface area contributed by atoms with Crippen LogP contribution >= 0.6 is 11.3 Å². The topological polar surface area (TPSA) is 90.2 Å². The molecular formula is C23H27N3O5S2. The molecule has 0 unspecified atom stereocenters. The molecule has 0 aliphatic heterocycles. The average Bonchev–Trinajstić information content (AvgIpc) is 3.46. The van der Waals surface area contributed by atoms with E-state index in [4.69, 9.17) is 9.47 Å². The van der Waals surface area contributed by atoms with Gasteiger partial charge in [0.1, 0.15) is 0 Å². The molecule has 1 aromatic heterocycles. The molecule has 1 amide bonds. The van der Waals surface area contributed by atoms with E-state index in [1.165, 1.54) is 39.9 Å². The normalized spacial score (nSPS) is 15.5. The van der Waals surface area contributed by atoms with Crippen molar-refractivity contribution in [1.29, 1.82) is 0 Å². The lowest BCUT2D eigenvalue weighted by Crippen LogP contribution is -2.35. The number of amides is 1. The summed E-state index contributed by atoms with van der Waals surface area (Å²) in [5.74, 6) is 0.754. The molecule has 1 heterocycles. The van der Waals surface area contributed by atoms with Crippen LogP contribution < -0.4 is 14.3 Å². The van der Waals surface area contributed by atoms with Crippen molar-refractivity contribution >= 4 is 37.5 Å². The van der Waals surface area contributed by atoms with Crippen molar-refractivity contribution < 1.29 is 22.7 Å². The van der Waals surface area contributed by atoms with Crippen molar-refractivity contribution in [1.82, 2.24) is 8.87 Å². The highest BCUT2D eigenvalue weighted by molar-refractivity contribution is 7.89. The zero-order valence-corrected chi connectivity index (χ0v) is 20.7. The SMILES string of the molecule is COc1cc2sc(=NC(=O)c3ccc(S(=O)(=O)N(C)C4CCCC4)cc3)n(C)c2cc1OC. The predicted octanol–water partition coefficient (Wildman–Crippen LogP) is 3.56. The van der Waals surface area contributed by atoms with Crippen molar-refractivity contribution in [2.24, 2.45) is 12.0 Å². The molecule has 3 aromatic rings. The summed E-state index contributed by atoms with van der Waals surface area (Å²) in [5, 5.41) is 0. The Bertz CT molecular complexity index is 1350. The van der Waals surface area contributed by atoms with Crippen LogP contribution in [-0.2, 0) is 17.1 Å². The second-order valence-electron chi connectivity index (χ2n) is 8.02. The number of benzene rings is 2. The number of aromatic nitrogens is 1. The van der Waals surface area contributed by atoms with Crippen LogP contribution in [0.5, 0.6) is 11.5 Å². The van der Waals surface area contributed by atoms with Gasteiger partial charge in [-0.15, -0.1) is 0 Å². The third-order valence-corrected chi connectivity index (χ3v) is 9.15. The van der Waals surface area contributed by atoms with Gasteiger partial charge in [-0.05, 0) is 37.1 Å². The van der Waals surface area contributed by atoms with E-state index >= 15 is 0 Å². The third-order valence-electron chi connectivity index (χ3n) is 6.13. The van der Waals surface area contributed by atoms with Gasteiger partial charge in [0.25, 0.3) is 5.91 Å². The molecule has 0 saturated heterocycles. The molecule has 176 valence electrons. The van der Waals surface area contributed by atoms with E-state index in [0.29, 0.717) is 21.9 Å². The van der Waals surface area contributed by atoms with Gasteiger partial charge < -0.3 is 14.0 Å². The first-order valence-corrected chi connectivity index (χ1v) is 12.9. The van der Waals surface area contributed by atoms with Gasteiger partial charge >= 0.3 is 0 Å². The summed E-state index contributed by atoms with van der Waals surface area (Å²) in [6.45, 7) is 0. The molecule has 0 N–H and O–H groups in total. The number of hydrogen-bond donors (Lipinski definition) is 0. The molecule has 1 aliphatic rings. The number of carbonyl (C=O) groups is 1. The number of hydrogen-bond acceptors (Lipinski definition) is 6. The van der Waals surface area contributed by atoms with E-state index in [9.17, 15) is 13.2 Å². The molecule has 0 bridgehead atoms. The van der Waals surface area contributed by atoms with Crippen LogP contribution in [0.2, 0.25) is 0 Å². The van der Waals surface area contributed by atoms with Gasteiger partial charge in [-0.25, -0.2) is 8.42 Å². The number of ether oxygens (including phenoxy) is 2. The lowest BCUT2D eigenvalue weighted by atomic mass is 10.2. The van der Waals surface area contributed by atoms with Gasteiger partial charge in [-0.1, -0.05) is 24.2 Å². The Labute approximate surface area is 197 Å². The minimum atomic E-state index is -3.60. The fourth-order valence-corrected chi connectivity index (χ4v) is 6.56. The van der Waals surface area contributed by atoms with Crippen LogP contribution in [0.3, 0.4) is 0 Å². The number of thiazole rings is 1. The highest BCUT2D eigenvalue weighted by Gasteiger charge is 2.30. The minimum Gasteiger partial charge on any atom is -0.493 e. The van der Waals surface area contributed by atoms with Crippen LogP contribution in [0.1, 0.15) is 36.0 Å². The standard InChI is InChI=1S/C23H27N3O5S2/c1-25-18-13-19(30-3)20(31-4)14-21(18)32-23(25)24-22(27)15-9-11-17(12-10-15)33(28,29)26(2)16-7-5-6-8-16/h9-14,16H,5-8H2,1-4H3. The van der Waals surface area contributed by atoms with E-state index in [-0.39, 0.29) is 10.9 Å². The van der Waals surface area contributed by atoms with Crippen molar-refractivity contribution in [3.8, 4) is 11.5 Å². The summed E-state index contributed by atoms with van der Waals surface area (Å²) in [5.41, 5.74) is 1.19. The molecule has 0 radical (unpaired) electrons. The van der Waals surface area contributed by atoms with Crippen molar-refractivity contribution in [2.45, 2.75) is 36.6 Å². The second-order valence-corrected chi connectivity index (χ2v) is 11.0. The van der Waals surface area contributed by atoms with Crippen molar-refractivity contribution in [3.63, 3.8) is 0 Å². The molecule has 1 saturated carbocycles. The molecule has 8 nitrogen and oxygen atoms in total. The summed E-state index contributed by atoms with van der Waals surface area (Å²) in [6.07, 6.45) is 3.87. The zero-order valence-electron chi connectivity index (χ0n) is 19.1. The van der Waals surface area contributed by atoms with Crippen LogP contribution in [0.15, 0.2) is 46.3 Å². The molecule has 2 aromatic carbocycles. The summed E-state index contributed by atoms with van der Waals surface area (Å²) >= 11 is 1.36. The van der Waals surface area contributed by atoms with Crippen LogP contribution in [0, 0.1) is 0 Å². The number of methoxy groups -OCH3 is 2. The first-order chi connectivity index (χ1) is 15.8. The third kappa shape index (κ3) is 4.42. The van der Waals surface area contributed by atoms with E-state index in [1.807, 2.05) is 23.7 Å². The number of rotatable bonds is 6. The molecule has 0 spiro atoms. The van der Waals surface area contributed by atoms with Crippen molar-refractivity contribution in [3.05, 3.63) is 46.8 Å². The minimum absolute atomic E-state index is 0.0384. The molecule has 1 aliphatic carbocycles. The van der Waals surface area contributed by atoms with E-state index in [0.717, 1.165) is 35.9 Å². The van der Waals surface area contributed by atoms with Crippen molar-refractivity contribution in [2.75, 3.05) is 21.3 Å². The van der Waals surface area contributed by atoms with Crippen LogP contribution in [0.25, 0.3) is 10.2 Å². The Hall–Kier alpha value is -2.69. The van der Waals surface area contributed by atoms with Crippen LogP contribution in [-0.4, -0.2) is 50.5 Å². The quantitative estimate of drug-likeness (QED) is 0.528. The fraction of sp³-hybridized carbons (Fsp3) is 0.391. The largest absolute Gasteiger partial charge is 0.493 e. The number of fused-ring (bicyclic) bond motifs is 1. The smallest absolute Gasteiger partial charge is 0.279 e. The molecule has 1 fully saturated rings. The number of sulfonamides is 1. The Morgan fingerprint density at radius 2 is 1.70 bits per heavy atom. The van der Waals surface area contributed by atoms with E-state index in [1.54, 1.807) is 21.3 Å². The Morgan fingerprint density at radius 1 is 1.09 bits per heavy atom. The maximum absolute atomic E-state index is 12.9. The van der Waals surface area contributed by atoms with E-state index in [2.05, 4.69) is 4.99 Å². The summed E-state index contributed by atoms with van der Waals surface area (Å²) in [6, 6.07) is 9.71. The Kier molecular flexibility index (Phi) is 6.60. The molecular weight excluding hydrogens is 462 g/mol. The first-order valence-electron chi connectivity index (χ1n) is 10.6. The second kappa shape index (κ2) is 9.28. The lowest BCUT2D eigenvalue weighted by Gasteiger charge is -2.23. The molecule has 0 atom stereocenters. The number of aryl methyl sites for hydroxylation is 1. The number of carbonyl (C=O) groups excluding carboxylic acids is 1. The Balaban J connectivity index is 1.62. The molecule has 4 rings (SSSR count). The van der Waals surface area contributed by atoms with Gasteiger partial charge in [0, 0.05) is 37.8 Å². The summed E-state index contributed by atoms with van der Waals surface area (Å²) < 4.78 is 40.8. The predicted molar refractivity (Wildman–Crippen MR) is 127 cm³/mol. The number of nitrogens with zero attached hydrogens (tertiary/aromatic N) is 3. The maximum Gasteiger partial charge on any atom is 0.279 e. The van der Waals surface area contributed by atoms with Gasteiger partial charge in [0.15, 0.2) is 16.3 Å². The van der Waals surface area contributed by atoms with Gasteiger partial charge in [-0.2, -0.15) is 9.30 Å². The first kappa shape index (κ1) is 23.5. The molecule has 10 heteroatoms. The Morgan fingerprint density at radius 3 is 2.30 bits per heavy atom. The van der Waals surface area contributed by atoms with Gasteiger partial charge in [0.05, 0.1) is 29.3 Å². The fourth-order valence-electron chi connectivity index (χ4n) is 4.11.